The Bertz CT molecular complexity index is 735. The second-order valence-electron chi connectivity index (χ2n) is 5.08. The van der Waals surface area contributed by atoms with E-state index in [4.69, 9.17) is 10.5 Å². The number of hydrogen-bond acceptors (Lipinski definition) is 3. The topological polar surface area (TPSA) is 35.2 Å². The van der Waals surface area contributed by atoms with Gasteiger partial charge in [-0.2, -0.15) is 0 Å². The van der Waals surface area contributed by atoms with Crippen LogP contribution in [0.3, 0.4) is 0 Å². The van der Waals surface area contributed by atoms with Gasteiger partial charge in [-0.15, -0.1) is 11.3 Å². The maximum atomic E-state index is 6.49. The molecular formula is C18H19NOS. The molecule has 0 saturated carbocycles. The van der Waals surface area contributed by atoms with E-state index in [-0.39, 0.29) is 6.04 Å². The molecule has 1 atom stereocenters. The predicted molar refractivity (Wildman–Crippen MR) is 90.1 cm³/mol. The minimum absolute atomic E-state index is 0.127. The van der Waals surface area contributed by atoms with Crippen LogP contribution < -0.4 is 10.5 Å². The average molecular weight is 297 g/mol. The second kappa shape index (κ2) is 6.29. The molecule has 0 aliphatic carbocycles. The molecule has 3 heteroatoms. The normalized spacial score (nSPS) is 12.5. The minimum Gasteiger partial charge on any atom is -0.494 e. The monoisotopic (exact) mass is 297 g/mol. The zero-order chi connectivity index (χ0) is 14.7. The van der Waals surface area contributed by atoms with Crippen LogP contribution in [0.1, 0.15) is 30.5 Å². The van der Waals surface area contributed by atoms with Gasteiger partial charge in [-0.25, -0.2) is 0 Å². The highest BCUT2D eigenvalue weighted by molar-refractivity contribution is 7.17. The van der Waals surface area contributed by atoms with Gasteiger partial charge in [-0.1, -0.05) is 37.3 Å². The molecule has 3 rings (SSSR count). The summed E-state index contributed by atoms with van der Waals surface area (Å²) in [4.78, 5) is 0. The molecule has 2 aromatic carbocycles. The molecule has 0 bridgehead atoms. The van der Waals surface area contributed by atoms with Crippen molar-refractivity contribution in [2.75, 3.05) is 6.61 Å². The number of fused-ring (bicyclic) bond motifs is 1. The standard InChI is InChI=1S/C18H19NOS/c1-2-10-20-15-7-3-6-14(12-15)17(19)16-8-4-5-13-9-11-21-18(13)16/h3-9,11-12,17H,2,10,19H2,1H3. The van der Waals surface area contributed by atoms with Gasteiger partial charge in [-0.3, -0.25) is 0 Å². The molecule has 0 aliphatic rings. The van der Waals surface area contributed by atoms with Gasteiger partial charge >= 0.3 is 0 Å². The molecule has 21 heavy (non-hydrogen) atoms. The van der Waals surface area contributed by atoms with Crippen LogP contribution in [0.15, 0.2) is 53.9 Å². The SMILES string of the molecule is CCCOc1cccc(C(N)c2cccc3ccsc23)c1. The summed E-state index contributed by atoms with van der Waals surface area (Å²) in [6.45, 7) is 2.84. The van der Waals surface area contributed by atoms with Crippen LogP contribution in [0.4, 0.5) is 0 Å². The van der Waals surface area contributed by atoms with Crippen molar-refractivity contribution in [1.82, 2.24) is 0 Å². The zero-order valence-electron chi connectivity index (χ0n) is 12.1. The van der Waals surface area contributed by atoms with Gasteiger partial charge in [0, 0.05) is 4.70 Å². The lowest BCUT2D eigenvalue weighted by Crippen LogP contribution is -2.12. The molecule has 2 N–H and O–H groups in total. The van der Waals surface area contributed by atoms with Crippen molar-refractivity contribution in [3.8, 4) is 5.75 Å². The Morgan fingerprint density at radius 1 is 1.14 bits per heavy atom. The molecule has 0 radical (unpaired) electrons. The van der Waals surface area contributed by atoms with Gasteiger partial charge in [-0.05, 0) is 46.5 Å². The molecule has 0 fully saturated rings. The van der Waals surface area contributed by atoms with Crippen LogP contribution in [0.5, 0.6) is 5.75 Å². The van der Waals surface area contributed by atoms with Crippen molar-refractivity contribution >= 4 is 21.4 Å². The lowest BCUT2D eigenvalue weighted by Gasteiger charge is -2.15. The van der Waals surface area contributed by atoms with Crippen molar-refractivity contribution < 1.29 is 4.74 Å². The molecule has 1 unspecified atom stereocenters. The number of rotatable bonds is 5. The molecule has 0 spiro atoms. The third-order valence-corrected chi connectivity index (χ3v) is 4.51. The summed E-state index contributed by atoms with van der Waals surface area (Å²) in [6, 6.07) is 16.4. The first-order valence-electron chi connectivity index (χ1n) is 7.24. The van der Waals surface area contributed by atoms with Crippen LogP contribution in [0.25, 0.3) is 10.1 Å². The number of thiophene rings is 1. The van der Waals surface area contributed by atoms with E-state index in [1.54, 1.807) is 11.3 Å². The van der Waals surface area contributed by atoms with Gasteiger partial charge in [0.25, 0.3) is 0 Å². The number of nitrogens with two attached hydrogens (primary N) is 1. The number of benzene rings is 2. The molecule has 1 heterocycles. The Balaban J connectivity index is 1.94. The first-order chi connectivity index (χ1) is 10.3. The van der Waals surface area contributed by atoms with Crippen molar-refractivity contribution in [2.45, 2.75) is 19.4 Å². The zero-order valence-corrected chi connectivity index (χ0v) is 12.9. The fraction of sp³-hybridized carbons (Fsp3) is 0.222. The first-order valence-corrected chi connectivity index (χ1v) is 8.12. The van der Waals surface area contributed by atoms with Crippen molar-refractivity contribution in [1.29, 1.82) is 0 Å². The van der Waals surface area contributed by atoms with Gasteiger partial charge in [0.1, 0.15) is 5.75 Å². The highest BCUT2D eigenvalue weighted by atomic mass is 32.1. The highest BCUT2D eigenvalue weighted by Gasteiger charge is 2.13. The smallest absolute Gasteiger partial charge is 0.119 e. The quantitative estimate of drug-likeness (QED) is 0.738. The average Bonchev–Trinajstić information content (AvgIpc) is 3.01. The molecule has 1 aromatic heterocycles. The maximum Gasteiger partial charge on any atom is 0.119 e. The van der Waals surface area contributed by atoms with Gasteiger partial charge in [0.05, 0.1) is 12.6 Å². The van der Waals surface area contributed by atoms with E-state index in [0.717, 1.165) is 24.3 Å². The Labute approximate surface area is 129 Å². The molecule has 0 saturated heterocycles. The predicted octanol–water partition coefficient (Wildman–Crippen LogP) is 4.74. The molecular weight excluding hydrogens is 278 g/mol. The second-order valence-corrected chi connectivity index (χ2v) is 6.00. The van der Waals surface area contributed by atoms with Crippen LogP contribution in [-0.4, -0.2) is 6.61 Å². The number of hydrogen-bond donors (Lipinski definition) is 1. The van der Waals surface area contributed by atoms with Crippen molar-refractivity contribution in [3.05, 3.63) is 65.0 Å². The summed E-state index contributed by atoms with van der Waals surface area (Å²) in [6.07, 6.45) is 1.00. The van der Waals surface area contributed by atoms with Crippen LogP contribution in [0, 0.1) is 0 Å². The van der Waals surface area contributed by atoms with E-state index in [1.165, 1.54) is 15.6 Å². The Kier molecular flexibility index (Phi) is 4.23. The van der Waals surface area contributed by atoms with Gasteiger partial charge < -0.3 is 10.5 Å². The molecule has 0 amide bonds. The molecule has 2 nitrogen and oxygen atoms in total. The van der Waals surface area contributed by atoms with E-state index < -0.39 is 0 Å². The summed E-state index contributed by atoms with van der Waals surface area (Å²) < 4.78 is 6.97. The first kappa shape index (κ1) is 14.1. The molecule has 0 aliphatic heterocycles. The van der Waals surface area contributed by atoms with E-state index in [9.17, 15) is 0 Å². The van der Waals surface area contributed by atoms with E-state index in [2.05, 4.69) is 42.6 Å². The minimum atomic E-state index is -0.127. The number of ether oxygens (including phenoxy) is 1. The third-order valence-electron chi connectivity index (χ3n) is 3.53. The molecule has 3 aromatic rings. The fourth-order valence-corrected chi connectivity index (χ4v) is 3.41. The van der Waals surface area contributed by atoms with Crippen LogP contribution in [0.2, 0.25) is 0 Å². The molecule has 108 valence electrons. The Morgan fingerprint density at radius 3 is 2.86 bits per heavy atom. The van der Waals surface area contributed by atoms with E-state index >= 15 is 0 Å². The Hall–Kier alpha value is -1.84. The summed E-state index contributed by atoms with van der Waals surface area (Å²) in [5.41, 5.74) is 8.75. The fourth-order valence-electron chi connectivity index (χ4n) is 2.46. The summed E-state index contributed by atoms with van der Waals surface area (Å²) in [5.74, 6) is 0.892. The van der Waals surface area contributed by atoms with Gasteiger partial charge in [0.15, 0.2) is 0 Å². The summed E-state index contributed by atoms with van der Waals surface area (Å²) >= 11 is 1.74. The van der Waals surface area contributed by atoms with Crippen molar-refractivity contribution in [2.24, 2.45) is 5.73 Å². The lowest BCUT2D eigenvalue weighted by molar-refractivity contribution is 0.317. The van der Waals surface area contributed by atoms with Crippen LogP contribution in [-0.2, 0) is 0 Å². The third kappa shape index (κ3) is 2.94. The van der Waals surface area contributed by atoms with E-state index in [1.807, 2.05) is 18.2 Å². The van der Waals surface area contributed by atoms with E-state index in [0.29, 0.717) is 0 Å². The summed E-state index contributed by atoms with van der Waals surface area (Å²) in [5, 5.41) is 3.37. The van der Waals surface area contributed by atoms with Crippen LogP contribution >= 0.6 is 11.3 Å². The highest BCUT2D eigenvalue weighted by Crippen LogP contribution is 2.32. The maximum absolute atomic E-state index is 6.49. The largest absolute Gasteiger partial charge is 0.494 e. The Morgan fingerprint density at radius 2 is 2.00 bits per heavy atom. The van der Waals surface area contributed by atoms with Gasteiger partial charge in [0.2, 0.25) is 0 Å². The van der Waals surface area contributed by atoms with Crippen molar-refractivity contribution in [3.63, 3.8) is 0 Å². The lowest BCUT2D eigenvalue weighted by atomic mass is 9.98. The summed E-state index contributed by atoms with van der Waals surface area (Å²) in [7, 11) is 0.